The Morgan fingerprint density at radius 2 is 1.43 bits per heavy atom. The minimum Gasteiger partial charge on any atom is -0.330 e. The van der Waals surface area contributed by atoms with E-state index in [-0.39, 0.29) is 0 Å². The number of hydrogen-bond acceptors (Lipinski definition) is 1. The lowest BCUT2D eigenvalue weighted by Crippen LogP contribution is -2.28. The zero-order chi connectivity index (χ0) is 15.6. The van der Waals surface area contributed by atoms with Crippen LogP contribution in [-0.2, 0) is 13.0 Å². The van der Waals surface area contributed by atoms with Crippen LogP contribution in [0.5, 0.6) is 0 Å². The van der Waals surface area contributed by atoms with Gasteiger partial charge >= 0.3 is 0 Å². The van der Waals surface area contributed by atoms with Gasteiger partial charge in [0.05, 0.1) is 0 Å². The molecule has 1 aliphatic heterocycles. The van der Waals surface area contributed by atoms with E-state index in [4.69, 9.17) is 5.41 Å². The molecule has 2 aromatic carbocycles. The molecule has 114 valence electrons. The van der Waals surface area contributed by atoms with Gasteiger partial charge in [-0.2, -0.15) is 0 Å². The Bertz CT molecular complexity index is 877. The van der Waals surface area contributed by atoms with Gasteiger partial charge < -0.3 is 4.57 Å². The predicted octanol–water partition coefficient (Wildman–Crippen LogP) is 4.64. The first kappa shape index (κ1) is 14.0. The number of hydrogen-bond donors (Lipinski definition) is 1. The fourth-order valence-corrected chi connectivity index (χ4v) is 3.50. The van der Waals surface area contributed by atoms with Crippen molar-refractivity contribution in [2.24, 2.45) is 0 Å². The third-order valence-corrected chi connectivity index (χ3v) is 4.65. The molecule has 1 aromatic heterocycles. The van der Waals surface area contributed by atoms with Gasteiger partial charge in [0.25, 0.3) is 0 Å². The maximum absolute atomic E-state index is 8.82. The molecule has 0 amide bonds. The first-order chi connectivity index (χ1) is 11.3. The summed E-state index contributed by atoms with van der Waals surface area (Å²) in [5.41, 5.74) is 6.47. The fourth-order valence-electron chi connectivity index (χ4n) is 3.50. The maximum atomic E-state index is 8.82. The van der Waals surface area contributed by atoms with Crippen LogP contribution >= 0.6 is 0 Å². The number of benzene rings is 2. The second-order valence-corrected chi connectivity index (χ2v) is 6.11. The summed E-state index contributed by atoms with van der Waals surface area (Å²) >= 11 is 0. The van der Waals surface area contributed by atoms with Gasteiger partial charge in [0.2, 0.25) is 0 Å². The van der Waals surface area contributed by atoms with Crippen molar-refractivity contribution >= 4 is 0 Å². The lowest BCUT2D eigenvalue weighted by molar-refractivity contribution is 0.506. The average molecular weight is 300 g/mol. The van der Waals surface area contributed by atoms with E-state index in [0.29, 0.717) is 5.49 Å². The van der Waals surface area contributed by atoms with Gasteiger partial charge in [-0.05, 0) is 42.0 Å². The van der Waals surface area contributed by atoms with E-state index < -0.39 is 0 Å². The Balaban J connectivity index is 2.04. The molecule has 0 aliphatic carbocycles. The van der Waals surface area contributed by atoms with E-state index in [0.717, 1.165) is 24.1 Å². The zero-order valence-corrected chi connectivity index (χ0v) is 13.1. The van der Waals surface area contributed by atoms with Crippen LogP contribution in [0.15, 0.2) is 66.7 Å². The van der Waals surface area contributed by atoms with Crippen molar-refractivity contribution in [2.45, 2.75) is 25.8 Å². The highest BCUT2D eigenvalue weighted by molar-refractivity contribution is 5.82. The van der Waals surface area contributed by atoms with E-state index in [2.05, 4.69) is 47.0 Å². The van der Waals surface area contributed by atoms with E-state index in [9.17, 15) is 0 Å². The fraction of sp³-hybridized carbons (Fsp3) is 0.190. The molecule has 0 saturated carbocycles. The highest BCUT2D eigenvalue weighted by Crippen LogP contribution is 2.31. The topological polar surface area (TPSA) is 28.8 Å². The highest BCUT2D eigenvalue weighted by atomic mass is 15.0. The summed E-state index contributed by atoms with van der Waals surface area (Å²) in [5.74, 6) is 0. The molecule has 23 heavy (non-hydrogen) atoms. The molecular formula is C21H20N2. The molecule has 0 radical (unpaired) electrons. The average Bonchev–Trinajstić information content (AvgIpc) is 2.63. The number of aromatic nitrogens is 1. The van der Waals surface area contributed by atoms with E-state index >= 15 is 0 Å². The Morgan fingerprint density at radius 1 is 0.783 bits per heavy atom. The molecule has 2 heterocycles. The number of rotatable bonds is 2. The number of fused-ring (bicyclic) bond motifs is 1. The van der Waals surface area contributed by atoms with Crippen LogP contribution in [-0.4, -0.2) is 4.57 Å². The molecule has 0 unspecified atom stereocenters. The summed E-state index contributed by atoms with van der Waals surface area (Å²) in [4.78, 5) is 0. The Morgan fingerprint density at radius 3 is 2.13 bits per heavy atom. The molecule has 2 heteroatoms. The molecule has 3 aromatic rings. The molecule has 0 atom stereocenters. The lowest BCUT2D eigenvalue weighted by Gasteiger charge is -2.23. The van der Waals surface area contributed by atoms with Crippen molar-refractivity contribution in [2.75, 3.05) is 0 Å². The third-order valence-electron chi connectivity index (χ3n) is 4.65. The van der Waals surface area contributed by atoms with Crippen LogP contribution < -0.4 is 5.49 Å². The number of pyridine rings is 1. The summed E-state index contributed by atoms with van der Waals surface area (Å²) in [6.45, 7) is 0.961. The van der Waals surface area contributed by atoms with Gasteiger partial charge in [-0.15, -0.1) is 0 Å². The monoisotopic (exact) mass is 300 g/mol. The number of aryl methyl sites for hydroxylation is 1. The standard InChI is InChI=1S/C21H20N2/c22-21-20(17-11-5-2-6-12-17)19(16-9-3-1-4-10-16)15-18-13-7-8-14-23(18)21/h1-6,9-12,15,22H,7-8,13-14H2. The van der Waals surface area contributed by atoms with Crippen molar-refractivity contribution in [1.82, 2.24) is 4.57 Å². The molecule has 1 aliphatic rings. The minimum absolute atomic E-state index is 0.646. The third kappa shape index (κ3) is 2.50. The molecule has 4 rings (SSSR count). The molecule has 2 nitrogen and oxygen atoms in total. The van der Waals surface area contributed by atoms with Gasteiger partial charge in [0.15, 0.2) is 0 Å². The SMILES string of the molecule is N=c1c(-c2ccccc2)c(-c2ccccc2)cc2n1CCCC2. The van der Waals surface area contributed by atoms with Gasteiger partial charge in [0, 0.05) is 17.8 Å². The molecule has 0 fully saturated rings. The van der Waals surface area contributed by atoms with Crippen LogP contribution in [0.3, 0.4) is 0 Å². The van der Waals surface area contributed by atoms with Gasteiger partial charge in [-0.25, -0.2) is 0 Å². The second kappa shape index (κ2) is 5.88. The molecular weight excluding hydrogens is 280 g/mol. The van der Waals surface area contributed by atoms with Crippen molar-refractivity contribution in [3.8, 4) is 22.3 Å². The number of nitrogens with one attached hydrogen (secondary N) is 1. The van der Waals surface area contributed by atoms with Crippen LogP contribution in [0, 0.1) is 5.41 Å². The predicted molar refractivity (Wildman–Crippen MR) is 94.1 cm³/mol. The quantitative estimate of drug-likeness (QED) is 0.714. The molecule has 0 saturated heterocycles. The Hall–Kier alpha value is -2.61. The summed E-state index contributed by atoms with van der Waals surface area (Å²) in [6.07, 6.45) is 3.46. The summed E-state index contributed by atoms with van der Waals surface area (Å²) in [7, 11) is 0. The van der Waals surface area contributed by atoms with Gasteiger partial charge in [-0.3, -0.25) is 5.41 Å². The normalized spacial score (nSPS) is 13.6. The summed E-state index contributed by atoms with van der Waals surface area (Å²) < 4.78 is 2.19. The van der Waals surface area contributed by atoms with E-state index in [1.54, 1.807) is 0 Å². The van der Waals surface area contributed by atoms with Gasteiger partial charge in [-0.1, -0.05) is 60.7 Å². The van der Waals surface area contributed by atoms with Crippen molar-refractivity contribution in [1.29, 1.82) is 5.41 Å². The molecule has 1 N–H and O–H groups in total. The van der Waals surface area contributed by atoms with E-state index in [1.807, 2.05) is 24.3 Å². The maximum Gasteiger partial charge on any atom is 0.133 e. The smallest absolute Gasteiger partial charge is 0.133 e. The summed E-state index contributed by atoms with van der Waals surface area (Å²) in [6, 6.07) is 23.1. The molecule has 0 bridgehead atoms. The first-order valence-electron chi connectivity index (χ1n) is 8.27. The van der Waals surface area contributed by atoms with Crippen LogP contribution in [0.25, 0.3) is 22.3 Å². The van der Waals surface area contributed by atoms with Crippen LogP contribution in [0.4, 0.5) is 0 Å². The zero-order valence-electron chi connectivity index (χ0n) is 13.1. The largest absolute Gasteiger partial charge is 0.330 e. The molecule has 0 spiro atoms. The van der Waals surface area contributed by atoms with E-state index in [1.165, 1.54) is 29.7 Å². The second-order valence-electron chi connectivity index (χ2n) is 6.11. The Labute approximate surface area is 136 Å². The summed E-state index contributed by atoms with van der Waals surface area (Å²) in [5, 5.41) is 8.82. The minimum atomic E-state index is 0.646. The van der Waals surface area contributed by atoms with Gasteiger partial charge in [0.1, 0.15) is 5.49 Å². The lowest BCUT2D eigenvalue weighted by atomic mass is 9.93. The Kier molecular flexibility index (Phi) is 3.58. The van der Waals surface area contributed by atoms with Crippen molar-refractivity contribution < 1.29 is 0 Å². The van der Waals surface area contributed by atoms with Crippen molar-refractivity contribution in [3.05, 3.63) is 77.9 Å². The van der Waals surface area contributed by atoms with Crippen molar-refractivity contribution in [3.63, 3.8) is 0 Å². The van der Waals surface area contributed by atoms with Crippen LogP contribution in [0.1, 0.15) is 18.5 Å². The first-order valence-corrected chi connectivity index (χ1v) is 8.27. The highest BCUT2D eigenvalue weighted by Gasteiger charge is 2.17. The number of nitrogens with zero attached hydrogens (tertiary/aromatic N) is 1. The van der Waals surface area contributed by atoms with Crippen LogP contribution in [0.2, 0.25) is 0 Å².